The van der Waals surface area contributed by atoms with Crippen molar-refractivity contribution in [2.75, 3.05) is 19.6 Å². The molecular formula is C14H23F3N2O. The van der Waals surface area contributed by atoms with Gasteiger partial charge in [-0.05, 0) is 31.1 Å². The Hall–Kier alpha value is -0.780. The van der Waals surface area contributed by atoms with Gasteiger partial charge in [0.15, 0.2) is 0 Å². The van der Waals surface area contributed by atoms with E-state index in [0.29, 0.717) is 13.1 Å². The topological polar surface area (TPSA) is 32.3 Å². The van der Waals surface area contributed by atoms with Crippen molar-refractivity contribution in [1.82, 2.24) is 10.2 Å². The van der Waals surface area contributed by atoms with Crippen molar-refractivity contribution in [2.24, 2.45) is 11.3 Å². The monoisotopic (exact) mass is 292 g/mol. The van der Waals surface area contributed by atoms with Gasteiger partial charge in [-0.25, -0.2) is 0 Å². The molecule has 0 aromatic carbocycles. The lowest BCUT2D eigenvalue weighted by molar-refractivity contribution is -0.181. The predicted molar refractivity (Wildman–Crippen MR) is 70.2 cm³/mol. The van der Waals surface area contributed by atoms with Crippen LogP contribution in [0.2, 0.25) is 0 Å². The largest absolute Gasteiger partial charge is 0.393 e. The molecule has 0 radical (unpaired) electrons. The highest BCUT2D eigenvalue weighted by molar-refractivity contribution is 5.82. The van der Waals surface area contributed by atoms with Crippen molar-refractivity contribution in [3.8, 4) is 0 Å². The maximum absolute atomic E-state index is 12.6. The van der Waals surface area contributed by atoms with E-state index in [1.807, 2.05) is 0 Å². The van der Waals surface area contributed by atoms with E-state index in [9.17, 15) is 18.0 Å². The molecular weight excluding hydrogens is 269 g/mol. The lowest BCUT2D eigenvalue weighted by Gasteiger charge is -2.39. The number of piperidine rings is 2. The summed E-state index contributed by atoms with van der Waals surface area (Å²) < 4.78 is 37.7. The molecule has 2 saturated heterocycles. The Balaban J connectivity index is 1.84. The number of carbonyl (C=O) groups is 1. The number of halogens is 3. The lowest BCUT2D eigenvalue weighted by atomic mass is 9.82. The average molecular weight is 292 g/mol. The van der Waals surface area contributed by atoms with Crippen LogP contribution >= 0.6 is 0 Å². The first kappa shape index (κ1) is 15.6. The SMILES string of the molecule is CC1(C)CCN(C(=O)C2CCC(C(F)(F)F)CN2)CC1. The van der Waals surface area contributed by atoms with E-state index in [4.69, 9.17) is 0 Å². The molecule has 0 aromatic heterocycles. The summed E-state index contributed by atoms with van der Waals surface area (Å²) in [7, 11) is 0. The Morgan fingerprint density at radius 1 is 1.20 bits per heavy atom. The molecule has 0 aliphatic carbocycles. The van der Waals surface area contributed by atoms with Gasteiger partial charge in [-0.1, -0.05) is 13.8 Å². The molecule has 20 heavy (non-hydrogen) atoms. The third-order valence-corrected chi connectivity index (χ3v) is 4.60. The number of nitrogens with zero attached hydrogens (tertiary/aromatic N) is 1. The molecule has 2 heterocycles. The molecule has 2 atom stereocenters. The van der Waals surface area contributed by atoms with Gasteiger partial charge in [0, 0.05) is 19.6 Å². The number of carbonyl (C=O) groups excluding carboxylic acids is 1. The van der Waals surface area contributed by atoms with E-state index in [2.05, 4.69) is 19.2 Å². The van der Waals surface area contributed by atoms with Crippen LogP contribution in [0.5, 0.6) is 0 Å². The van der Waals surface area contributed by atoms with Gasteiger partial charge in [-0.2, -0.15) is 13.2 Å². The van der Waals surface area contributed by atoms with Gasteiger partial charge in [-0.15, -0.1) is 0 Å². The van der Waals surface area contributed by atoms with Crippen LogP contribution in [-0.4, -0.2) is 42.7 Å². The lowest BCUT2D eigenvalue weighted by Crippen LogP contribution is -2.54. The number of nitrogens with one attached hydrogen (secondary N) is 1. The fourth-order valence-electron chi connectivity index (χ4n) is 2.90. The van der Waals surface area contributed by atoms with Crippen LogP contribution in [0.3, 0.4) is 0 Å². The Morgan fingerprint density at radius 2 is 1.80 bits per heavy atom. The number of hydrogen-bond acceptors (Lipinski definition) is 2. The van der Waals surface area contributed by atoms with Crippen LogP contribution in [0, 0.1) is 11.3 Å². The van der Waals surface area contributed by atoms with Gasteiger partial charge in [0.1, 0.15) is 0 Å². The molecule has 0 bridgehead atoms. The van der Waals surface area contributed by atoms with E-state index in [1.165, 1.54) is 0 Å². The Labute approximate surface area is 117 Å². The van der Waals surface area contributed by atoms with Gasteiger partial charge < -0.3 is 10.2 Å². The van der Waals surface area contributed by atoms with Crippen molar-refractivity contribution in [3.05, 3.63) is 0 Å². The fraction of sp³-hybridized carbons (Fsp3) is 0.929. The summed E-state index contributed by atoms with van der Waals surface area (Å²) in [6.45, 7) is 5.65. The highest BCUT2D eigenvalue weighted by Gasteiger charge is 2.43. The van der Waals surface area contributed by atoms with Gasteiger partial charge >= 0.3 is 6.18 Å². The molecule has 3 nitrogen and oxygen atoms in total. The number of likely N-dealkylation sites (tertiary alicyclic amines) is 1. The van der Waals surface area contributed by atoms with Gasteiger partial charge in [0.25, 0.3) is 0 Å². The molecule has 6 heteroatoms. The molecule has 116 valence electrons. The Morgan fingerprint density at radius 3 is 2.25 bits per heavy atom. The summed E-state index contributed by atoms with van der Waals surface area (Å²) in [5.74, 6) is -1.34. The van der Waals surface area contributed by atoms with Crippen LogP contribution in [0.1, 0.15) is 39.5 Å². The quantitative estimate of drug-likeness (QED) is 0.805. The smallest absolute Gasteiger partial charge is 0.341 e. The molecule has 2 unspecified atom stereocenters. The maximum atomic E-state index is 12.6. The minimum Gasteiger partial charge on any atom is -0.341 e. The minimum atomic E-state index is -4.16. The molecule has 2 rings (SSSR count). The molecule has 2 fully saturated rings. The molecule has 1 N–H and O–H groups in total. The van der Waals surface area contributed by atoms with E-state index < -0.39 is 18.1 Å². The van der Waals surface area contributed by atoms with Crippen molar-refractivity contribution >= 4 is 5.91 Å². The number of rotatable bonds is 1. The third-order valence-electron chi connectivity index (χ3n) is 4.60. The summed E-state index contributed by atoms with van der Waals surface area (Å²) in [6.07, 6.45) is -1.92. The van der Waals surface area contributed by atoms with Gasteiger partial charge in [0.05, 0.1) is 12.0 Å². The second kappa shape index (κ2) is 5.54. The molecule has 0 aromatic rings. The first-order valence-electron chi connectivity index (χ1n) is 7.28. The first-order chi connectivity index (χ1) is 9.19. The Kier molecular flexibility index (Phi) is 4.33. The molecule has 2 aliphatic heterocycles. The van der Waals surface area contributed by atoms with Crippen molar-refractivity contribution in [3.63, 3.8) is 0 Å². The maximum Gasteiger partial charge on any atom is 0.393 e. The fourth-order valence-corrected chi connectivity index (χ4v) is 2.90. The number of hydrogen-bond donors (Lipinski definition) is 1. The van der Waals surface area contributed by atoms with E-state index in [0.717, 1.165) is 12.8 Å². The highest BCUT2D eigenvalue weighted by atomic mass is 19.4. The highest BCUT2D eigenvalue weighted by Crippen LogP contribution is 2.33. The standard InChI is InChI=1S/C14H23F3N2O/c1-13(2)5-7-19(8-6-13)12(20)11-4-3-10(9-18-11)14(15,16)17/h10-11,18H,3-9H2,1-2H3. The molecule has 0 spiro atoms. The van der Waals surface area contributed by atoms with Crippen molar-refractivity contribution in [1.29, 1.82) is 0 Å². The third kappa shape index (κ3) is 3.65. The molecule has 1 amide bonds. The Bertz CT molecular complexity index is 350. The number of amides is 1. The second-order valence-electron chi connectivity index (χ2n) is 6.77. The predicted octanol–water partition coefficient (Wildman–Crippen LogP) is 2.57. The minimum absolute atomic E-state index is 0.0267. The summed E-state index contributed by atoms with van der Waals surface area (Å²) in [4.78, 5) is 14.1. The van der Waals surface area contributed by atoms with Crippen molar-refractivity contribution in [2.45, 2.75) is 51.7 Å². The molecule has 0 saturated carbocycles. The van der Waals surface area contributed by atoms with Crippen LogP contribution in [0.4, 0.5) is 13.2 Å². The van der Waals surface area contributed by atoms with E-state index in [-0.39, 0.29) is 30.7 Å². The van der Waals surface area contributed by atoms with Crippen LogP contribution in [0.15, 0.2) is 0 Å². The molecule has 2 aliphatic rings. The van der Waals surface area contributed by atoms with Gasteiger partial charge in [-0.3, -0.25) is 4.79 Å². The number of alkyl halides is 3. The normalized spacial score (nSPS) is 31.1. The summed E-state index contributed by atoms with van der Waals surface area (Å²) in [6, 6.07) is -0.435. The first-order valence-corrected chi connectivity index (χ1v) is 7.28. The van der Waals surface area contributed by atoms with E-state index >= 15 is 0 Å². The van der Waals surface area contributed by atoms with Crippen LogP contribution in [-0.2, 0) is 4.79 Å². The zero-order valence-corrected chi connectivity index (χ0v) is 12.1. The average Bonchev–Trinajstić information content (AvgIpc) is 2.37. The van der Waals surface area contributed by atoms with E-state index in [1.54, 1.807) is 4.90 Å². The van der Waals surface area contributed by atoms with Crippen LogP contribution in [0.25, 0.3) is 0 Å². The zero-order valence-electron chi connectivity index (χ0n) is 12.1. The van der Waals surface area contributed by atoms with Gasteiger partial charge in [0.2, 0.25) is 5.91 Å². The zero-order chi connectivity index (χ0) is 15.0. The summed E-state index contributed by atoms with van der Waals surface area (Å²) >= 11 is 0. The van der Waals surface area contributed by atoms with Crippen LogP contribution < -0.4 is 5.32 Å². The second-order valence-corrected chi connectivity index (χ2v) is 6.77. The summed E-state index contributed by atoms with van der Waals surface area (Å²) in [5, 5.41) is 2.78. The van der Waals surface area contributed by atoms with Crippen molar-refractivity contribution < 1.29 is 18.0 Å². The summed E-state index contributed by atoms with van der Waals surface area (Å²) in [5.41, 5.74) is 0.262.